The van der Waals surface area contributed by atoms with E-state index in [-0.39, 0.29) is 0 Å². The molecule has 0 aromatic rings. The molecule has 0 saturated carbocycles. The Hall–Kier alpha value is -0.570. The number of fused-ring (bicyclic) bond motifs is 3. The van der Waals surface area contributed by atoms with E-state index in [9.17, 15) is 0 Å². The fourth-order valence-corrected chi connectivity index (χ4v) is 2.42. The molecule has 0 aromatic heterocycles. The second-order valence-corrected chi connectivity index (χ2v) is 3.88. The molecule has 12 heavy (non-hydrogen) atoms. The molecular formula is C9H17N3. The minimum Gasteiger partial charge on any atom is -0.386 e. The summed E-state index contributed by atoms with van der Waals surface area (Å²) in [5, 5.41) is 0. The van der Waals surface area contributed by atoms with Crippen molar-refractivity contribution in [3.63, 3.8) is 0 Å². The summed E-state index contributed by atoms with van der Waals surface area (Å²) in [6, 6.07) is 0.461. The van der Waals surface area contributed by atoms with Gasteiger partial charge in [-0.2, -0.15) is 0 Å². The highest BCUT2D eigenvalue weighted by Crippen LogP contribution is 2.31. The Labute approximate surface area is 73.6 Å². The maximum absolute atomic E-state index is 5.84. The lowest BCUT2D eigenvalue weighted by molar-refractivity contribution is 0.0822. The quantitative estimate of drug-likeness (QED) is 0.455. The zero-order chi connectivity index (χ0) is 8.55. The molecular weight excluding hydrogens is 150 g/mol. The van der Waals surface area contributed by atoms with Crippen molar-refractivity contribution < 1.29 is 0 Å². The first kappa shape index (κ1) is 8.05. The van der Waals surface area contributed by atoms with Crippen LogP contribution in [0.3, 0.4) is 0 Å². The third kappa shape index (κ3) is 1.22. The van der Waals surface area contributed by atoms with E-state index in [1.807, 2.05) is 0 Å². The number of piperidine rings is 3. The van der Waals surface area contributed by atoms with E-state index >= 15 is 0 Å². The molecule has 68 valence electrons. The molecule has 3 fully saturated rings. The molecule has 3 nitrogen and oxygen atoms in total. The van der Waals surface area contributed by atoms with Gasteiger partial charge in [0.2, 0.25) is 0 Å². The van der Waals surface area contributed by atoms with Crippen LogP contribution in [-0.4, -0.2) is 36.9 Å². The van der Waals surface area contributed by atoms with E-state index < -0.39 is 0 Å². The molecule has 0 amide bonds. The van der Waals surface area contributed by atoms with Crippen molar-refractivity contribution in [2.75, 3.05) is 20.1 Å². The topological polar surface area (TPSA) is 41.6 Å². The Balaban J connectivity index is 2.08. The lowest BCUT2D eigenvalue weighted by Gasteiger charge is -2.44. The summed E-state index contributed by atoms with van der Waals surface area (Å²) >= 11 is 0. The van der Waals surface area contributed by atoms with Gasteiger partial charge in [-0.1, -0.05) is 0 Å². The maximum Gasteiger partial charge on any atom is 0.111 e. The average molecular weight is 167 g/mol. The second-order valence-electron chi connectivity index (χ2n) is 3.88. The number of hydrogen-bond acceptors (Lipinski definition) is 2. The predicted octanol–water partition coefficient (Wildman–Crippen LogP) is 0.458. The summed E-state index contributed by atoms with van der Waals surface area (Å²) in [5.74, 6) is 1.75. The van der Waals surface area contributed by atoms with E-state index in [0.29, 0.717) is 6.04 Å². The van der Waals surface area contributed by atoms with Crippen LogP contribution in [0.15, 0.2) is 4.99 Å². The number of aliphatic imine (C=N–C) groups is 1. The number of hydrogen-bond donors (Lipinski definition) is 1. The van der Waals surface area contributed by atoms with Crippen molar-refractivity contribution in [3.05, 3.63) is 0 Å². The van der Waals surface area contributed by atoms with Crippen LogP contribution < -0.4 is 5.73 Å². The van der Waals surface area contributed by atoms with Gasteiger partial charge in [0.05, 0.1) is 6.04 Å². The van der Waals surface area contributed by atoms with Crippen LogP contribution >= 0.6 is 0 Å². The van der Waals surface area contributed by atoms with Crippen molar-refractivity contribution in [1.82, 2.24) is 4.90 Å². The minimum absolute atomic E-state index is 0.461. The smallest absolute Gasteiger partial charge is 0.111 e. The monoisotopic (exact) mass is 167 g/mol. The minimum atomic E-state index is 0.461. The average Bonchev–Trinajstić information content (AvgIpc) is 2.18. The zero-order valence-electron chi connectivity index (χ0n) is 7.66. The summed E-state index contributed by atoms with van der Waals surface area (Å²) in [7, 11) is 1.79. The number of nitrogens with two attached hydrogens (primary N) is 1. The van der Waals surface area contributed by atoms with E-state index in [2.05, 4.69) is 9.89 Å². The SMILES string of the molecule is C/N=C(\N)[C@@H]1CC2CCN1CC2. The number of nitrogens with zero attached hydrogens (tertiary/aromatic N) is 2. The van der Waals surface area contributed by atoms with Gasteiger partial charge >= 0.3 is 0 Å². The van der Waals surface area contributed by atoms with E-state index in [1.165, 1.54) is 32.4 Å². The molecule has 3 saturated heterocycles. The van der Waals surface area contributed by atoms with Crippen LogP contribution in [0.4, 0.5) is 0 Å². The van der Waals surface area contributed by atoms with Gasteiger partial charge in [-0.25, -0.2) is 0 Å². The molecule has 3 rings (SSSR count). The molecule has 0 aliphatic carbocycles. The third-order valence-electron chi connectivity index (χ3n) is 3.25. The number of rotatable bonds is 1. The summed E-state index contributed by atoms with van der Waals surface area (Å²) in [6.45, 7) is 2.46. The first-order valence-electron chi connectivity index (χ1n) is 4.77. The van der Waals surface area contributed by atoms with Crippen LogP contribution in [0, 0.1) is 5.92 Å². The first-order chi connectivity index (χ1) is 5.81. The summed E-state index contributed by atoms with van der Waals surface area (Å²) in [4.78, 5) is 6.56. The van der Waals surface area contributed by atoms with Crippen molar-refractivity contribution in [1.29, 1.82) is 0 Å². The van der Waals surface area contributed by atoms with Gasteiger partial charge in [0.25, 0.3) is 0 Å². The van der Waals surface area contributed by atoms with Gasteiger partial charge in [0, 0.05) is 7.05 Å². The Morgan fingerprint density at radius 2 is 2.08 bits per heavy atom. The van der Waals surface area contributed by atoms with Gasteiger partial charge in [0.15, 0.2) is 0 Å². The fraction of sp³-hybridized carbons (Fsp3) is 0.889. The summed E-state index contributed by atoms with van der Waals surface area (Å²) in [5.41, 5.74) is 5.84. The van der Waals surface area contributed by atoms with E-state index in [4.69, 9.17) is 5.73 Å². The zero-order valence-corrected chi connectivity index (χ0v) is 7.66. The highest BCUT2D eigenvalue weighted by atomic mass is 15.2. The molecule has 0 radical (unpaired) electrons. The van der Waals surface area contributed by atoms with Gasteiger partial charge < -0.3 is 5.73 Å². The second kappa shape index (κ2) is 3.05. The molecule has 0 spiro atoms. The molecule has 2 N–H and O–H groups in total. The summed E-state index contributed by atoms with van der Waals surface area (Å²) in [6.07, 6.45) is 3.98. The first-order valence-corrected chi connectivity index (χ1v) is 4.77. The highest BCUT2D eigenvalue weighted by molar-refractivity contribution is 5.85. The van der Waals surface area contributed by atoms with Crippen LogP contribution in [0.5, 0.6) is 0 Å². The van der Waals surface area contributed by atoms with Crippen LogP contribution in [0.25, 0.3) is 0 Å². The molecule has 0 aromatic carbocycles. The van der Waals surface area contributed by atoms with Crippen molar-refractivity contribution >= 4 is 5.84 Å². The van der Waals surface area contributed by atoms with Gasteiger partial charge in [-0.15, -0.1) is 0 Å². The molecule has 3 heterocycles. The van der Waals surface area contributed by atoms with Crippen molar-refractivity contribution in [2.45, 2.75) is 25.3 Å². The third-order valence-corrected chi connectivity index (χ3v) is 3.25. The van der Waals surface area contributed by atoms with Crippen molar-refractivity contribution in [2.24, 2.45) is 16.6 Å². The Morgan fingerprint density at radius 1 is 1.42 bits per heavy atom. The molecule has 2 bridgehead atoms. The van der Waals surface area contributed by atoms with E-state index in [0.717, 1.165) is 11.8 Å². The van der Waals surface area contributed by atoms with Crippen molar-refractivity contribution in [3.8, 4) is 0 Å². The predicted molar refractivity (Wildman–Crippen MR) is 50.2 cm³/mol. The fourth-order valence-electron chi connectivity index (χ4n) is 2.42. The molecule has 3 aliphatic heterocycles. The van der Waals surface area contributed by atoms with Gasteiger partial charge in [-0.3, -0.25) is 9.89 Å². The molecule has 0 unspecified atom stereocenters. The van der Waals surface area contributed by atoms with E-state index in [1.54, 1.807) is 7.05 Å². The number of amidine groups is 1. The lowest BCUT2D eigenvalue weighted by Crippen LogP contribution is -2.54. The largest absolute Gasteiger partial charge is 0.386 e. The lowest BCUT2D eigenvalue weighted by atomic mass is 9.83. The van der Waals surface area contributed by atoms with Crippen LogP contribution in [-0.2, 0) is 0 Å². The molecule has 3 heteroatoms. The Morgan fingerprint density at radius 3 is 2.50 bits per heavy atom. The highest BCUT2D eigenvalue weighted by Gasteiger charge is 2.35. The summed E-state index contributed by atoms with van der Waals surface area (Å²) < 4.78 is 0. The van der Waals surface area contributed by atoms with Crippen LogP contribution in [0.2, 0.25) is 0 Å². The molecule has 3 aliphatic rings. The Bertz CT molecular complexity index is 192. The molecule has 1 atom stereocenters. The van der Waals surface area contributed by atoms with Gasteiger partial charge in [0.1, 0.15) is 5.84 Å². The normalized spacial score (nSPS) is 41.8. The Kier molecular flexibility index (Phi) is 2.05. The maximum atomic E-state index is 5.84. The van der Waals surface area contributed by atoms with Gasteiger partial charge in [-0.05, 0) is 38.3 Å². The standard InChI is InChI=1S/C9H17N3/c1-11-9(10)8-6-7-2-4-12(8)5-3-7/h7-8H,2-6H2,1H3,(H2,10,11)/t8-/m0/s1. The van der Waals surface area contributed by atoms with Crippen LogP contribution in [0.1, 0.15) is 19.3 Å².